The predicted molar refractivity (Wildman–Crippen MR) is 102 cm³/mol. The van der Waals surface area contributed by atoms with Crippen molar-refractivity contribution in [3.63, 3.8) is 0 Å². The molecule has 1 aromatic carbocycles. The second-order valence-electron chi connectivity index (χ2n) is 7.91. The number of nitrogens with one attached hydrogen (secondary N) is 1. The molecule has 2 N–H and O–H groups in total. The van der Waals surface area contributed by atoms with Gasteiger partial charge in [0.2, 0.25) is 0 Å². The van der Waals surface area contributed by atoms with Crippen LogP contribution in [0.1, 0.15) is 32.6 Å². The summed E-state index contributed by atoms with van der Waals surface area (Å²) >= 11 is 0. The maximum absolute atomic E-state index is 10.4. The molecule has 5 rings (SSSR count). The molecule has 2 aromatic heterocycles. The molecule has 3 atom stereocenters. The van der Waals surface area contributed by atoms with Crippen LogP contribution in [0.2, 0.25) is 0 Å². The summed E-state index contributed by atoms with van der Waals surface area (Å²) in [5.41, 5.74) is 1.49. The normalized spacial score (nSPS) is 26.3. The molecule has 2 aliphatic rings. The van der Waals surface area contributed by atoms with Gasteiger partial charge < -0.3 is 19.7 Å². The maximum Gasteiger partial charge on any atom is 0.252 e. The SMILES string of the molecule is C[C@]12CC[C@H](C[C@@H](Oc3cnc(-c4ccc(-n5ccnc5)cc4O)nn3)C1)N2. The lowest BCUT2D eigenvalue weighted by molar-refractivity contribution is 0.102. The Balaban J connectivity index is 1.31. The van der Waals surface area contributed by atoms with Crippen molar-refractivity contribution in [2.24, 2.45) is 0 Å². The van der Waals surface area contributed by atoms with Gasteiger partial charge in [0.25, 0.3) is 5.88 Å². The molecule has 0 unspecified atom stereocenters. The summed E-state index contributed by atoms with van der Waals surface area (Å²) in [6.45, 7) is 2.26. The first kappa shape index (κ1) is 17.1. The number of hydrogen-bond acceptors (Lipinski definition) is 7. The number of nitrogens with zero attached hydrogens (tertiary/aromatic N) is 5. The van der Waals surface area contributed by atoms with E-state index < -0.39 is 0 Å². The van der Waals surface area contributed by atoms with Crippen molar-refractivity contribution in [1.82, 2.24) is 30.0 Å². The molecule has 2 saturated heterocycles. The van der Waals surface area contributed by atoms with Gasteiger partial charge in [0.15, 0.2) is 5.82 Å². The topological polar surface area (TPSA) is 98.0 Å². The van der Waals surface area contributed by atoms with Crippen molar-refractivity contribution in [3.8, 4) is 28.7 Å². The Kier molecular flexibility index (Phi) is 4.01. The molecule has 0 radical (unpaired) electrons. The first-order valence-corrected chi connectivity index (χ1v) is 9.54. The van der Waals surface area contributed by atoms with E-state index in [9.17, 15) is 5.11 Å². The first-order chi connectivity index (χ1) is 13.6. The quantitative estimate of drug-likeness (QED) is 0.720. The molecule has 144 valence electrons. The highest BCUT2D eigenvalue weighted by atomic mass is 16.5. The number of fused-ring (bicyclic) bond motifs is 2. The van der Waals surface area contributed by atoms with Gasteiger partial charge in [-0.15, -0.1) is 10.2 Å². The smallest absolute Gasteiger partial charge is 0.252 e. The van der Waals surface area contributed by atoms with Crippen molar-refractivity contribution in [2.75, 3.05) is 0 Å². The minimum absolute atomic E-state index is 0.0875. The van der Waals surface area contributed by atoms with Gasteiger partial charge in [0, 0.05) is 36.5 Å². The molecule has 8 heteroatoms. The monoisotopic (exact) mass is 378 g/mol. The average molecular weight is 378 g/mol. The van der Waals surface area contributed by atoms with Crippen molar-refractivity contribution in [2.45, 2.75) is 50.3 Å². The van der Waals surface area contributed by atoms with Crippen LogP contribution in [-0.2, 0) is 0 Å². The number of rotatable bonds is 4. The fourth-order valence-corrected chi connectivity index (χ4v) is 4.36. The highest BCUT2D eigenvalue weighted by Gasteiger charge is 2.42. The highest BCUT2D eigenvalue weighted by molar-refractivity contribution is 5.65. The van der Waals surface area contributed by atoms with E-state index in [0.717, 1.165) is 18.5 Å². The van der Waals surface area contributed by atoms with Gasteiger partial charge in [-0.05, 0) is 38.3 Å². The maximum atomic E-state index is 10.4. The van der Waals surface area contributed by atoms with E-state index in [-0.39, 0.29) is 17.4 Å². The van der Waals surface area contributed by atoms with Crippen LogP contribution in [0.5, 0.6) is 11.6 Å². The summed E-state index contributed by atoms with van der Waals surface area (Å²) in [5, 5.41) is 22.4. The molecule has 2 bridgehead atoms. The van der Waals surface area contributed by atoms with E-state index in [1.807, 2.05) is 16.8 Å². The highest BCUT2D eigenvalue weighted by Crippen LogP contribution is 2.36. The third kappa shape index (κ3) is 3.20. The first-order valence-electron chi connectivity index (χ1n) is 9.54. The Bertz CT molecular complexity index is 975. The molecular formula is C20H22N6O2. The minimum atomic E-state index is 0.0875. The van der Waals surface area contributed by atoms with E-state index in [2.05, 4.69) is 32.4 Å². The number of phenolic OH excluding ortho intramolecular Hbond substituents is 1. The number of hydrogen-bond donors (Lipinski definition) is 2. The van der Waals surface area contributed by atoms with Crippen LogP contribution >= 0.6 is 0 Å². The zero-order chi connectivity index (χ0) is 19.1. The third-order valence-corrected chi connectivity index (χ3v) is 5.68. The lowest BCUT2D eigenvalue weighted by atomic mass is 9.91. The summed E-state index contributed by atoms with van der Waals surface area (Å²) in [4.78, 5) is 8.36. The van der Waals surface area contributed by atoms with Crippen molar-refractivity contribution < 1.29 is 9.84 Å². The van der Waals surface area contributed by atoms with Crippen LogP contribution in [0.3, 0.4) is 0 Å². The van der Waals surface area contributed by atoms with E-state index in [1.54, 1.807) is 30.9 Å². The number of aromatic nitrogens is 5. The standard InChI is InChI=1S/C20H22N6O2/c1-20-5-4-13(23-20)8-15(10-20)28-18-11-22-19(25-24-18)16-3-2-14(9-17(16)27)26-7-6-21-12-26/h2-3,6-7,9,11-13,15,23,27H,4-5,8,10H2,1H3/t13-,15-,20+/m1/s1. The van der Waals surface area contributed by atoms with Crippen molar-refractivity contribution in [1.29, 1.82) is 0 Å². The Labute approximate surface area is 162 Å². The molecule has 2 aliphatic heterocycles. The predicted octanol–water partition coefficient (Wildman–Crippen LogP) is 2.48. The molecular weight excluding hydrogens is 356 g/mol. The van der Waals surface area contributed by atoms with Gasteiger partial charge in [0.1, 0.15) is 11.9 Å². The van der Waals surface area contributed by atoms with E-state index in [1.165, 1.54) is 12.8 Å². The summed E-state index contributed by atoms with van der Waals surface area (Å²) in [7, 11) is 0. The second kappa shape index (κ2) is 6.56. The van der Waals surface area contributed by atoms with Crippen LogP contribution in [0.25, 0.3) is 17.1 Å². The second-order valence-corrected chi connectivity index (χ2v) is 7.91. The van der Waals surface area contributed by atoms with Gasteiger partial charge in [0.05, 0.1) is 23.8 Å². The fraction of sp³-hybridized carbons (Fsp3) is 0.400. The van der Waals surface area contributed by atoms with Gasteiger partial charge >= 0.3 is 0 Å². The number of phenols is 1. The van der Waals surface area contributed by atoms with Crippen LogP contribution in [0, 0.1) is 0 Å². The largest absolute Gasteiger partial charge is 0.507 e. The van der Waals surface area contributed by atoms with Crippen molar-refractivity contribution in [3.05, 3.63) is 43.1 Å². The number of piperidine rings is 1. The fourth-order valence-electron chi connectivity index (χ4n) is 4.36. The molecule has 8 nitrogen and oxygen atoms in total. The summed E-state index contributed by atoms with van der Waals surface area (Å²) < 4.78 is 7.85. The Morgan fingerprint density at radius 1 is 1.32 bits per heavy atom. The van der Waals surface area contributed by atoms with E-state index in [4.69, 9.17) is 4.74 Å². The number of ether oxygens (including phenoxy) is 1. The number of benzene rings is 1. The molecule has 0 amide bonds. The van der Waals surface area contributed by atoms with Gasteiger partial charge in [-0.25, -0.2) is 9.97 Å². The number of imidazole rings is 1. The summed E-state index contributed by atoms with van der Waals surface area (Å²) in [6.07, 6.45) is 11.2. The number of aromatic hydroxyl groups is 1. The Hall–Kier alpha value is -3.00. The van der Waals surface area contributed by atoms with Gasteiger partial charge in [-0.1, -0.05) is 0 Å². The zero-order valence-electron chi connectivity index (χ0n) is 15.6. The third-order valence-electron chi connectivity index (χ3n) is 5.68. The summed E-state index contributed by atoms with van der Waals surface area (Å²) in [6, 6.07) is 5.81. The molecule has 4 heterocycles. The zero-order valence-corrected chi connectivity index (χ0v) is 15.6. The molecule has 28 heavy (non-hydrogen) atoms. The minimum Gasteiger partial charge on any atom is -0.507 e. The van der Waals surface area contributed by atoms with Crippen molar-refractivity contribution >= 4 is 0 Å². The van der Waals surface area contributed by atoms with Crippen LogP contribution < -0.4 is 10.1 Å². The lowest BCUT2D eigenvalue weighted by Crippen LogP contribution is -2.50. The molecule has 0 spiro atoms. The van der Waals surface area contributed by atoms with Crippen LogP contribution in [0.15, 0.2) is 43.1 Å². The van der Waals surface area contributed by atoms with E-state index >= 15 is 0 Å². The van der Waals surface area contributed by atoms with Crippen LogP contribution in [-0.4, -0.2) is 47.5 Å². The Morgan fingerprint density at radius 2 is 2.25 bits per heavy atom. The average Bonchev–Trinajstić information content (AvgIpc) is 3.30. The Morgan fingerprint density at radius 3 is 2.96 bits per heavy atom. The molecule has 3 aromatic rings. The van der Waals surface area contributed by atoms with Gasteiger partial charge in [-0.3, -0.25) is 0 Å². The molecule has 2 fully saturated rings. The van der Waals surface area contributed by atoms with Crippen LogP contribution in [0.4, 0.5) is 0 Å². The van der Waals surface area contributed by atoms with Gasteiger partial charge in [-0.2, -0.15) is 0 Å². The molecule has 0 saturated carbocycles. The lowest BCUT2D eigenvalue weighted by Gasteiger charge is -2.36. The molecule has 0 aliphatic carbocycles. The summed E-state index contributed by atoms with van der Waals surface area (Å²) in [5.74, 6) is 0.872. The van der Waals surface area contributed by atoms with E-state index in [0.29, 0.717) is 23.3 Å².